The third-order valence-corrected chi connectivity index (χ3v) is 2.80. The number of rotatable bonds is 0. The van der Waals surface area contributed by atoms with Crippen molar-refractivity contribution in [1.29, 1.82) is 0 Å². The molecule has 60 valence electrons. The van der Waals surface area contributed by atoms with Gasteiger partial charge in [0.2, 0.25) is 0 Å². The van der Waals surface area contributed by atoms with Gasteiger partial charge in [0.05, 0.1) is 15.1 Å². The van der Waals surface area contributed by atoms with Gasteiger partial charge in [-0.05, 0) is 18.6 Å². The summed E-state index contributed by atoms with van der Waals surface area (Å²) in [7, 11) is 0. The van der Waals surface area contributed by atoms with Crippen LogP contribution in [0.4, 0.5) is 5.69 Å². The standard InChI is InChI=1S/C7H6Cl3N/c1-3-5(11)2-4(8)7(10)6(3)9/h2H,11H2,1H3. The first kappa shape index (κ1) is 8.98. The summed E-state index contributed by atoms with van der Waals surface area (Å²) < 4.78 is 0. The van der Waals surface area contributed by atoms with E-state index in [1.807, 2.05) is 0 Å². The van der Waals surface area contributed by atoms with Crippen LogP contribution in [0.15, 0.2) is 6.07 Å². The second kappa shape index (κ2) is 3.10. The molecular formula is C7H6Cl3N. The van der Waals surface area contributed by atoms with Gasteiger partial charge in [-0.15, -0.1) is 0 Å². The fourth-order valence-electron chi connectivity index (χ4n) is 0.704. The lowest BCUT2D eigenvalue weighted by atomic mass is 10.2. The molecule has 1 nitrogen and oxygen atoms in total. The van der Waals surface area contributed by atoms with Gasteiger partial charge < -0.3 is 5.73 Å². The molecular weight excluding hydrogens is 204 g/mol. The Morgan fingerprint density at radius 3 is 2.27 bits per heavy atom. The number of nitrogens with two attached hydrogens (primary N) is 1. The van der Waals surface area contributed by atoms with Crippen molar-refractivity contribution in [2.24, 2.45) is 0 Å². The topological polar surface area (TPSA) is 26.0 Å². The number of hydrogen-bond acceptors (Lipinski definition) is 1. The summed E-state index contributed by atoms with van der Waals surface area (Å²) in [5.74, 6) is 0. The van der Waals surface area contributed by atoms with E-state index in [2.05, 4.69) is 0 Å². The zero-order valence-corrected chi connectivity index (χ0v) is 8.06. The zero-order valence-electron chi connectivity index (χ0n) is 5.79. The molecule has 2 N–H and O–H groups in total. The Hall–Kier alpha value is -0.110. The zero-order chi connectivity index (χ0) is 8.59. The maximum atomic E-state index is 5.79. The molecule has 0 aliphatic carbocycles. The Balaban J connectivity index is 3.46. The largest absolute Gasteiger partial charge is 0.398 e. The number of hydrogen-bond donors (Lipinski definition) is 1. The average molecular weight is 210 g/mol. The van der Waals surface area contributed by atoms with Crippen LogP contribution in [0.5, 0.6) is 0 Å². The van der Waals surface area contributed by atoms with Crippen molar-refractivity contribution in [2.75, 3.05) is 5.73 Å². The van der Waals surface area contributed by atoms with E-state index in [1.54, 1.807) is 13.0 Å². The third kappa shape index (κ3) is 1.56. The Kier molecular flexibility index (Phi) is 2.53. The highest BCUT2D eigenvalue weighted by Gasteiger charge is 2.08. The van der Waals surface area contributed by atoms with Crippen LogP contribution in [0, 0.1) is 6.92 Å². The molecule has 0 fully saturated rings. The molecule has 0 aliphatic rings. The van der Waals surface area contributed by atoms with E-state index in [4.69, 9.17) is 40.5 Å². The lowest BCUT2D eigenvalue weighted by Gasteiger charge is -2.05. The normalized spacial score (nSPS) is 10.2. The maximum Gasteiger partial charge on any atom is 0.0782 e. The smallest absolute Gasteiger partial charge is 0.0782 e. The Morgan fingerprint density at radius 2 is 1.73 bits per heavy atom. The fourth-order valence-corrected chi connectivity index (χ4v) is 1.37. The number of benzene rings is 1. The van der Waals surface area contributed by atoms with Crippen molar-refractivity contribution in [3.8, 4) is 0 Å². The van der Waals surface area contributed by atoms with Crippen molar-refractivity contribution in [2.45, 2.75) is 6.92 Å². The molecule has 0 unspecified atom stereocenters. The van der Waals surface area contributed by atoms with Crippen molar-refractivity contribution >= 4 is 40.5 Å². The summed E-state index contributed by atoms with van der Waals surface area (Å²) in [5.41, 5.74) is 6.89. The van der Waals surface area contributed by atoms with Crippen molar-refractivity contribution < 1.29 is 0 Å². The van der Waals surface area contributed by atoms with Crippen LogP contribution >= 0.6 is 34.8 Å². The van der Waals surface area contributed by atoms with E-state index in [1.165, 1.54) is 0 Å². The second-order valence-electron chi connectivity index (χ2n) is 2.20. The minimum absolute atomic E-state index is 0.361. The van der Waals surface area contributed by atoms with E-state index in [-0.39, 0.29) is 0 Å². The molecule has 0 amide bonds. The minimum atomic E-state index is 0.361. The van der Waals surface area contributed by atoms with Gasteiger partial charge >= 0.3 is 0 Å². The molecule has 0 aliphatic heterocycles. The highest BCUT2D eigenvalue weighted by atomic mass is 35.5. The van der Waals surface area contributed by atoms with Crippen LogP contribution in [0.1, 0.15) is 5.56 Å². The van der Waals surface area contributed by atoms with Gasteiger partial charge in [0.1, 0.15) is 0 Å². The maximum absolute atomic E-state index is 5.79. The molecule has 0 saturated carbocycles. The first-order chi connectivity index (χ1) is 5.04. The summed E-state index contributed by atoms with van der Waals surface area (Å²) in [4.78, 5) is 0. The predicted molar refractivity (Wildman–Crippen MR) is 50.6 cm³/mol. The predicted octanol–water partition coefficient (Wildman–Crippen LogP) is 3.54. The number of anilines is 1. The third-order valence-electron chi connectivity index (χ3n) is 1.45. The first-order valence-corrected chi connectivity index (χ1v) is 4.07. The van der Waals surface area contributed by atoms with Crippen LogP contribution < -0.4 is 5.73 Å². The van der Waals surface area contributed by atoms with Gasteiger partial charge in [-0.1, -0.05) is 34.8 Å². The van der Waals surface area contributed by atoms with Crippen LogP contribution in [-0.2, 0) is 0 Å². The van der Waals surface area contributed by atoms with Gasteiger partial charge in [-0.3, -0.25) is 0 Å². The summed E-state index contributed by atoms with van der Waals surface area (Å²) in [6, 6.07) is 1.59. The van der Waals surface area contributed by atoms with E-state index >= 15 is 0 Å². The molecule has 0 saturated heterocycles. The van der Waals surface area contributed by atoms with E-state index in [0.29, 0.717) is 20.8 Å². The van der Waals surface area contributed by atoms with Crippen molar-refractivity contribution in [3.63, 3.8) is 0 Å². The minimum Gasteiger partial charge on any atom is -0.398 e. The summed E-state index contributed by atoms with van der Waals surface area (Å²) in [6.07, 6.45) is 0. The van der Waals surface area contributed by atoms with Gasteiger partial charge in [0.25, 0.3) is 0 Å². The Labute approximate surface area is 80.0 Å². The molecule has 0 aromatic heterocycles. The first-order valence-electron chi connectivity index (χ1n) is 2.93. The fraction of sp³-hybridized carbons (Fsp3) is 0.143. The van der Waals surface area contributed by atoms with Crippen molar-refractivity contribution in [3.05, 3.63) is 26.7 Å². The molecule has 4 heteroatoms. The molecule has 0 bridgehead atoms. The Morgan fingerprint density at radius 1 is 1.18 bits per heavy atom. The molecule has 11 heavy (non-hydrogen) atoms. The van der Waals surface area contributed by atoms with E-state index in [0.717, 1.165) is 5.56 Å². The number of halogens is 3. The average Bonchev–Trinajstić information content (AvgIpc) is 1.97. The summed E-state index contributed by atoms with van der Waals surface area (Å²) in [6.45, 7) is 1.79. The second-order valence-corrected chi connectivity index (χ2v) is 3.36. The summed E-state index contributed by atoms with van der Waals surface area (Å²) >= 11 is 17.2. The van der Waals surface area contributed by atoms with Crippen LogP contribution in [-0.4, -0.2) is 0 Å². The summed E-state index contributed by atoms with van der Waals surface area (Å²) in [5, 5.41) is 1.18. The van der Waals surface area contributed by atoms with Crippen LogP contribution in [0.3, 0.4) is 0 Å². The lowest BCUT2D eigenvalue weighted by Crippen LogP contribution is -1.90. The quantitative estimate of drug-likeness (QED) is 0.514. The van der Waals surface area contributed by atoms with Gasteiger partial charge in [-0.25, -0.2) is 0 Å². The highest BCUT2D eigenvalue weighted by molar-refractivity contribution is 6.48. The molecule has 1 aromatic carbocycles. The van der Waals surface area contributed by atoms with Crippen LogP contribution in [0.2, 0.25) is 15.1 Å². The molecule has 0 heterocycles. The Bertz CT molecular complexity index is 270. The van der Waals surface area contributed by atoms with E-state index in [9.17, 15) is 0 Å². The highest BCUT2D eigenvalue weighted by Crippen LogP contribution is 2.35. The number of nitrogen functional groups attached to an aromatic ring is 1. The van der Waals surface area contributed by atoms with Crippen molar-refractivity contribution in [1.82, 2.24) is 0 Å². The monoisotopic (exact) mass is 209 g/mol. The SMILES string of the molecule is Cc1c(N)cc(Cl)c(Cl)c1Cl. The van der Waals surface area contributed by atoms with Gasteiger partial charge in [0, 0.05) is 5.69 Å². The van der Waals surface area contributed by atoms with Gasteiger partial charge in [-0.2, -0.15) is 0 Å². The van der Waals surface area contributed by atoms with E-state index < -0.39 is 0 Å². The lowest BCUT2D eigenvalue weighted by molar-refractivity contribution is 1.47. The van der Waals surface area contributed by atoms with Gasteiger partial charge in [0.15, 0.2) is 0 Å². The molecule has 0 radical (unpaired) electrons. The molecule has 0 spiro atoms. The molecule has 0 atom stereocenters. The van der Waals surface area contributed by atoms with Crippen LogP contribution in [0.25, 0.3) is 0 Å². The molecule has 1 rings (SSSR count). The molecule has 1 aromatic rings.